The van der Waals surface area contributed by atoms with E-state index in [1.54, 1.807) is 4.90 Å². The molecule has 1 aromatic rings. The normalized spacial score (nSPS) is 20.3. The number of morpholine rings is 1. The first-order chi connectivity index (χ1) is 17.2. The molecule has 3 rings (SSSR count). The van der Waals surface area contributed by atoms with E-state index in [0.29, 0.717) is 39.1 Å². The van der Waals surface area contributed by atoms with Gasteiger partial charge in [-0.15, -0.1) is 0 Å². The van der Waals surface area contributed by atoms with Crippen LogP contribution in [0.15, 0.2) is 30.3 Å². The number of benzene rings is 1. The molecule has 1 aromatic carbocycles. The van der Waals surface area contributed by atoms with Crippen LogP contribution in [0.5, 0.6) is 0 Å². The number of nitrogens with one attached hydrogen (secondary N) is 1. The molecule has 0 spiro atoms. The highest BCUT2D eigenvalue weighted by atomic mass is 16.5. The van der Waals surface area contributed by atoms with Gasteiger partial charge in [0, 0.05) is 37.6 Å². The van der Waals surface area contributed by atoms with Crippen LogP contribution in [0.4, 0.5) is 4.79 Å². The lowest BCUT2D eigenvalue weighted by molar-refractivity contribution is -0.134. The molecule has 2 aliphatic rings. The van der Waals surface area contributed by atoms with Crippen molar-refractivity contribution < 1.29 is 29.1 Å². The Morgan fingerprint density at radius 3 is 2.58 bits per heavy atom. The second-order valence-corrected chi connectivity index (χ2v) is 10.2. The van der Waals surface area contributed by atoms with Crippen LogP contribution < -0.4 is 5.32 Å². The van der Waals surface area contributed by atoms with E-state index in [1.165, 1.54) is 0 Å². The molecule has 36 heavy (non-hydrogen) atoms. The zero-order valence-electron chi connectivity index (χ0n) is 21.1. The number of amides is 2. The van der Waals surface area contributed by atoms with E-state index in [4.69, 9.17) is 9.47 Å². The summed E-state index contributed by atoms with van der Waals surface area (Å²) in [7, 11) is -1.73. The molecule has 11 heteroatoms. The lowest BCUT2D eigenvalue weighted by Crippen LogP contribution is -2.51. The number of rotatable bonds is 10. The quantitative estimate of drug-likeness (QED) is 0.402. The molecule has 2 aliphatic heterocycles. The summed E-state index contributed by atoms with van der Waals surface area (Å²) in [5.41, 5.74) is 0.554. The van der Waals surface area contributed by atoms with E-state index in [2.05, 4.69) is 30.1 Å². The number of ether oxygens (including phenoxy) is 2. The second kappa shape index (κ2) is 13.1. The number of carbonyl (C=O) groups excluding carboxylic acids is 2. The Balaban J connectivity index is 1.45. The van der Waals surface area contributed by atoms with Gasteiger partial charge in [0.15, 0.2) is 0 Å². The van der Waals surface area contributed by atoms with Crippen molar-refractivity contribution in [3.05, 3.63) is 35.9 Å². The van der Waals surface area contributed by atoms with E-state index in [1.807, 2.05) is 30.3 Å². The Morgan fingerprint density at radius 1 is 1.25 bits per heavy atom. The first kappa shape index (κ1) is 27.9. The predicted molar refractivity (Wildman–Crippen MR) is 133 cm³/mol. The monoisotopic (exact) mass is 500 g/mol. The number of alkyl carbamates (subject to hydrolysis) is 1. The summed E-state index contributed by atoms with van der Waals surface area (Å²) in [5.74, 6) is -1.88. The summed E-state index contributed by atoms with van der Waals surface area (Å²) in [6.07, 6.45) is 0.612. The van der Waals surface area contributed by atoms with Gasteiger partial charge in [-0.25, -0.2) is 4.79 Å². The molecule has 2 saturated heterocycles. The van der Waals surface area contributed by atoms with Gasteiger partial charge in [0.25, 0.3) is 0 Å². The zero-order valence-corrected chi connectivity index (χ0v) is 21.1. The van der Waals surface area contributed by atoms with Gasteiger partial charge < -0.3 is 29.7 Å². The van der Waals surface area contributed by atoms with Crippen LogP contribution in [-0.4, -0.2) is 96.4 Å². The molecule has 2 heterocycles. The van der Waals surface area contributed by atoms with Gasteiger partial charge in [0.1, 0.15) is 5.92 Å². The highest BCUT2D eigenvalue weighted by molar-refractivity contribution is 6.43. The number of carbonyl (C=O) groups is 2. The molecule has 10 nitrogen and oxygen atoms in total. The highest BCUT2D eigenvalue weighted by Crippen LogP contribution is 2.27. The van der Waals surface area contributed by atoms with E-state index in [-0.39, 0.29) is 30.4 Å². The molecule has 0 aliphatic carbocycles. The molecule has 2 fully saturated rings. The molecule has 196 valence electrons. The van der Waals surface area contributed by atoms with Gasteiger partial charge in [-0.1, -0.05) is 30.3 Å². The minimum Gasteiger partial charge on any atom is -0.449 e. The fourth-order valence-corrected chi connectivity index (χ4v) is 4.86. The number of nitriles is 1. The Kier molecular flexibility index (Phi) is 10.1. The van der Waals surface area contributed by atoms with Gasteiger partial charge >= 0.3 is 13.2 Å². The van der Waals surface area contributed by atoms with E-state index in [9.17, 15) is 24.9 Å². The fourth-order valence-electron chi connectivity index (χ4n) is 4.86. The number of hydrogen-bond donors (Lipinski definition) is 3. The summed E-state index contributed by atoms with van der Waals surface area (Å²) in [4.78, 5) is 29.3. The van der Waals surface area contributed by atoms with Crippen molar-refractivity contribution >= 4 is 19.1 Å². The molecule has 0 radical (unpaired) electrons. The Hall–Kier alpha value is -2.65. The fraction of sp³-hybridized carbons (Fsp3) is 0.640. The third kappa shape index (κ3) is 7.93. The Bertz CT molecular complexity index is 904. The SMILES string of the molecule is CC(C)(CC(C#N)C(=O)N1CC[C@H](COC(=O)N[C@@H](Cc2ccccc2)B(O)O)C1)N1CCOCC1. The molecule has 0 bridgehead atoms. The summed E-state index contributed by atoms with van der Waals surface area (Å²) in [6, 6.07) is 11.4. The second-order valence-electron chi connectivity index (χ2n) is 10.2. The van der Waals surface area contributed by atoms with Crippen molar-refractivity contribution in [2.24, 2.45) is 11.8 Å². The van der Waals surface area contributed by atoms with Crippen molar-refractivity contribution in [3.63, 3.8) is 0 Å². The van der Waals surface area contributed by atoms with Gasteiger partial charge in [0.2, 0.25) is 5.91 Å². The number of nitrogens with zero attached hydrogens (tertiary/aromatic N) is 3. The minimum atomic E-state index is -1.73. The number of hydrogen-bond acceptors (Lipinski definition) is 8. The van der Waals surface area contributed by atoms with Crippen LogP contribution in [-0.2, 0) is 20.7 Å². The summed E-state index contributed by atoms with van der Waals surface area (Å²) in [6.45, 7) is 8.02. The maximum atomic E-state index is 13.1. The zero-order chi connectivity index (χ0) is 26.1. The van der Waals surface area contributed by atoms with Crippen LogP contribution >= 0.6 is 0 Å². The van der Waals surface area contributed by atoms with E-state index < -0.39 is 25.1 Å². The molecule has 0 saturated carbocycles. The third-order valence-electron chi connectivity index (χ3n) is 7.03. The van der Waals surface area contributed by atoms with Gasteiger partial charge in [-0.2, -0.15) is 5.26 Å². The van der Waals surface area contributed by atoms with Gasteiger partial charge in [0.05, 0.1) is 31.8 Å². The molecule has 0 aromatic heterocycles. The van der Waals surface area contributed by atoms with Crippen molar-refractivity contribution in [2.45, 2.75) is 44.6 Å². The molecular weight excluding hydrogens is 463 g/mol. The minimum absolute atomic E-state index is 0.0436. The van der Waals surface area contributed by atoms with Crippen molar-refractivity contribution in [2.75, 3.05) is 46.0 Å². The average molecular weight is 500 g/mol. The van der Waals surface area contributed by atoms with Crippen molar-refractivity contribution in [1.29, 1.82) is 5.26 Å². The van der Waals surface area contributed by atoms with Crippen molar-refractivity contribution in [3.8, 4) is 6.07 Å². The smallest absolute Gasteiger partial charge is 0.449 e. The third-order valence-corrected chi connectivity index (χ3v) is 7.03. The van der Waals surface area contributed by atoms with Gasteiger partial charge in [-0.3, -0.25) is 9.69 Å². The molecule has 2 amide bonds. The average Bonchev–Trinajstić information content (AvgIpc) is 3.35. The molecule has 1 unspecified atom stereocenters. The largest absolute Gasteiger partial charge is 0.475 e. The van der Waals surface area contributed by atoms with Gasteiger partial charge in [-0.05, 0) is 38.7 Å². The van der Waals surface area contributed by atoms with Crippen LogP contribution in [0.2, 0.25) is 0 Å². The molecular formula is C25H37BN4O6. The van der Waals surface area contributed by atoms with Crippen LogP contribution in [0.25, 0.3) is 0 Å². The van der Waals surface area contributed by atoms with Crippen LogP contribution in [0.3, 0.4) is 0 Å². The Labute approximate surface area is 213 Å². The van der Waals surface area contributed by atoms with Crippen LogP contribution in [0.1, 0.15) is 32.3 Å². The first-order valence-electron chi connectivity index (χ1n) is 12.5. The molecule has 3 N–H and O–H groups in total. The standard InChI is InChI=1S/C25H37BN4O6/c1-25(2,30-10-12-35-13-11-30)15-21(16-27)23(31)29-9-8-20(17-29)18-36-24(32)28-22(26(33)34)14-19-6-4-3-5-7-19/h3-7,20-22,33-34H,8-15,17-18H2,1-2H3,(H,28,32)/t20-,21?,22-/m0/s1. The molecule has 3 atom stereocenters. The summed E-state index contributed by atoms with van der Waals surface area (Å²) < 4.78 is 10.7. The maximum absolute atomic E-state index is 13.1. The van der Waals surface area contributed by atoms with Crippen LogP contribution in [0, 0.1) is 23.2 Å². The van der Waals surface area contributed by atoms with Crippen molar-refractivity contribution in [1.82, 2.24) is 15.1 Å². The lowest BCUT2D eigenvalue weighted by atomic mass is 9.76. The summed E-state index contributed by atoms with van der Waals surface area (Å²) >= 11 is 0. The topological polar surface area (TPSA) is 135 Å². The lowest BCUT2D eigenvalue weighted by Gasteiger charge is -2.41. The Morgan fingerprint density at radius 2 is 1.94 bits per heavy atom. The van der Waals surface area contributed by atoms with E-state index >= 15 is 0 Å². The maximum Gasteiger partial charge on any atom is 0.475 e. The summed E-state index contributed by atoms with van der Waals surface area (Å²) in [5, 5.41) is 31.5. The number of likely N-dealkylation sites (tertiary alicyclic amines) is 1. The predicted octanol–water partition coefficient (Wildman–Crippen LogP) is 0.825. The van der Waals surface area contributed by atoms with E-state index in [0.717, 1.165) is 18.7 Å². The highest BCUT2D eigenvalue weighted by Gasteiger charge is 2.37. The first-order valence-corrected chi connectivity index (χ1v) is 12.5.